The Balaban J connectivity index is 1.32. The van der Waals surface area contributed by atoms with Crippen molar-refractivity contribution >= 4 is 22.8 Å². The predicted octanol–water partition coefficient (Wildman–Crippen LogP) is 4.39. The van der Waals surface area contributed by atoms with Crippen LogP contribution in [0.1, 0.15) is 27.3 Å². The van der Waals surface area contributed by atoms with Crippen LogP contribution in [0.15, 0.2) is 67.0 Å². The summed E-state index contributed by atoms with van der Waals surface area (Å²) in [6.07, 6.45) is -1.10. The number of methoxy groups -OCH3 is 1. The van der Waals surface area contributed by atoms with E-state index >= 15 is 0 Å². The van der Waals surface area contributed by atoms with Crippen molar-refractivity contribution in [2.45, 2.75) is 19.3 Å². The smallest absolute Gasteiger partial charge is 0.416 e. The zero-order valence-corrected chi connectivity index (χ0v) is 23.0. The zero-order chi connectivity index (χ0) is 30.3. The molecule has 0 saturated carbocycles. The van der Waals surface area contributed by atoms with E-state index in [0.29, 0.717) is 51.0 Å². The quantitative estimate of drug-likeness (QED) is 0.321. The van der Waals surface area contributed by atoms with Crippen LogP contribution in [-0.2, 0) is 31.1 Å². The van der Waals surface area contributed by atoms with Crippen molar-refractivity contribution in [1.29, 1.82) is 0 Å². The number of carbonyl (C=O) groups is 2. The molecule has 0 aliphatic carbocycles. The number of benzene rings is 3. The Kier molecular flexibility index (Phi) is 7.00. The van der Waals surface area contributed by atoms with Gasteiger partial charge in [-0.1, -0.05) is 0 Å². The average Bonchev–Trinajstić information content (AvgIpc) is 3.61. The molecular formula is C30H25F3N6O4. The first-order valence-corrected chi connectivity index (χ1v) is 13.2. The van der Waals surface area contributed by atoms with Crippen LogP contribution >= 0.6 is 0 Å². The molecule has 4 bridgehead atoms. The van der Waals surface area contributed by atoms with Gasteiger partial charge in [0, 0.05) is 42.8 Å². The Morgan fingerprint density at radius 3 is 2.77 bits per heavy atom. The average molecular weight is 591 g/mol. The molecule has 0 fully saturated rings. The molecule has 1 aliphatic heterocycles. The summed E-state index contributed by atoms with van der Waals surface area (Å²) in [5.41, 5.74) is 2.18. The van der Waals surface area contributed by atoms with Gasteiger partial charge in [-0.2, -0.15) is 13.2 Å². The van der Waals surface area contributed by atoms with E-state index in [4.69, 9.17) is 9.47 Å². The number of hydrogen-bond acceptors (Lipinski definition) is 6. The molecule has 2 aromatic heterocycles. The lowest BCUT2D eigenvalue weighted by atomic mass is 10.1. The van der Waals surface area contributed by atoms with E-state index in [1.54, 1.807) is 48.3 Å². The van der Waals surface area contributed by atoms with Crippen molar-refractivity contribution in [1.82, 2.24) is 29.7 Å². The van der Waals surface area contributed by atoms with Gasteiger partial charge in [-0.15, -0.1) is 0 Å². The van der Waals surface area contributed by atoms with Gasteiger partial charge in [0.2, 0.25) is 0 Å². The van der Waals surface area contributed by atoms with Gasteiger partial charge >= 0.3 is 6.18 Å². The monoisotopic (exact) mass is 590 g/mol. The van der Waals surface area contributed by atoms with Crippen LogP contribution in [0, 0.1) is 0 Å². The van der Waals surface area contributed by atoms with Crippen LogP contribution in [0.5, 0.6) is 11.5 Å². The third kappa shape index (κ3) is 5.48. The molecular weight excluding hydrogens is 565 g/mol. The second-order valence-electron chi connectivity index (χ2n) is 9.91. The second-order valence-corrected chi connectivity index (χ2v) is 9.91. The fourth-order valence-electron chi connectivity index (χ4n) is 4.94. The number of halogens is 3. The lowest BCUT2D eigenvalue weighted by Gasteiger charge is -2.14. The van der Waals surface area contributed by atoms with Gasteiger partial charge in [0.1, 0.15) is 11.6 Å². The summed E-state index contributed by atoms with van der Waals surface area (Å²) in [6.45, 7) is -0.144. The minimum absolute atomic E-state index is 0.0239. The molecule has 0 unspecified atom stereocenters. The van der Waals surface area contributed by atoms with Crippen LogP contribution in [0.4, 0.5) is 13.2 Å². The number of aryl methyl sites for hydroxylation is 1. The van der Waals surface area contributed by atoms with Gasteiger partial charge < -0.3 is 24.7 Å². The van der Waals surface area contributed by atoms with E-state index in [9.17, 15) is 22.8 Å². The lowest BCUT2D eigenvalue weighted by Crippen LogP contribution is -2.29. The summed E-state index contributed by atoms with van der Waals surface area (Å²) >= 11 is 0. The Labute approximate surface area is 243 Å². The molecule has 2 amide bonds. The minimum Gasteiger partial charge on any atom is -0.493 e. The van der Waals surface area contributed by atoms with Gasteiger partial charge in [-0.25, -0.2) is 9.97 Å². The van der Waals surface area contributed by atoms with Crippen LogP contribution in [-0.4, -0.2) is 44.6 Å². The molecule has 0 saturated heterocycles. The molecule has 0 radical (unpaired) electrons. The number of aromatic nitrogens is 4. The van der Waals surface area contributed by atoms with Crippen molar-refractivity contribution < 1.29 is 32.2 Å². The Morgan fingerprint density at radius 1 is 1.14 bits per heavy atom. The highest BCUT2D eigenvalue weighted by Gasteiger charge is 2.31. The predicted molar refractivity (Wildman–Crippen MR) is 150 cm³/mol. The van der Waals surface area contributed by atoms with E-state index < -0.39 is 17.6 Å². The summed E-state index contributed by atoms with van der Waals surface area (Å²) in [4.78, 5) is 34.8. The van der Waals surface area contributed by atoms with Crippen molar-refractivity contribution in [3.63, 3.8) is 0 Å². The van der Waals surface area contributed by atoms with E-state index in [0.717, 1.165) is 12.1 Å². The first-order chi connectivity index (χ1) is 20.6. The molecule has 0 atom stereocenters. The topological polar surface area (TPSA) is 112 Å². The van der Waals surface area contributed by atoms with Gasteiger partial charge in [-0.05, 0) is 60.2 Å². The summed E-state index contributed by atoms with van der Waals surface area (Å²) in [5.74, 6) is 1.01. The van der Waals surface area contributed by atoms with Gasteiger partial charge in [0.25, 0.3) is 11.8 Å². The fourth-order valence-corrected chi connectivity index (χ4v) is 4.94. The number of amides is 2. The Bertz CT molecular complexity index is 1880. The number of fused-ring (bicyclic) bond motifs is 8. The third-order valence-corrected chi connectivity index (χ3v) is 7.14. The van der Waals surface area contributed by atoms with Crippen LogP contribution in [0.2, 0.25) is 0 Å². The lowest BCUT2D eigenvalue weighted by molar-refractivity contribution is -0.137. The standard InChI is InChI=1S/C30H25F3N6O4/c1-38-23-5-4-20(30(31,32)33)13-22(23)37-26(38)15-36-29(41)19-9-17-10-21(11-19)39-8-7-34-28(39)18-3-6-24(42-2)25(12-18)43-16-27(40)35-14-17/h3-13H,14-16H2,1-2H3,(H,35,40)(H,36,41). The molecule has 3 heterocycles. The number of hydrogen-bond donors (Lipinski definition) is 2. The summed E-state index contributed by atoms with van der Waals surface area (Å²) in [6, 6.07) is 13.8. The molecule has 13 heteroatoms. The summed E-state index contributed by atoms with van der Waals surface area (Å²) < 4.78 is 54.1. The van der Waals surface area contributed by atoms with Gasteiger partial charge in [0.05, 0.1) is 30.3 Å². The Morgan fingerprint density at radius 2 is 1.98 bits per heavy atom. The van der Waals surface area contributed by atoms with E-state index in [1.807, 2.05) is 16.7 Å². The number of nitrogens with one attached hydrogen (secondary N) is 2. The van der Waals surface area contributed by atoms with Crippen LogP contribution in [0.25, 0.3) is 28.1 Å². The van der Waals surface area contributed by atoms with Gasteiger partial charge in [0.15, 0.2) is 18.1 Å². The van der Waals surface area contributed by atoms with Crippen molar-refractivity contribution in [2.24, 2.45) is 7.05 Å². The molecule has 3 aromatic carbocycles. The molecule has 43 heavy (non-hydrogen) atoms. The zero-order valence-electron chi connectivity index (χ0n) is 23.0. The number of ether oxygens (including phenoxy) is 2. The van der Waals surface area contributed by atoms with Crippen LogP contribution in [0.3, 0.4) is 0 Å². The maximum atomic E-state index is 13.4. The molecule has 2 N–H and O–H groups in total. The van der Waals surface area contributed by atoms with Crippen LogP contribution < -0.4 is 20.1 Å². The summed E-state index contributed by atoms with van der Waals surface area (Å²) in [7, 11) is 3.18. The van der Waals surface area contributed by atoms with Crippen molar-refractivity contribution in [3.8, 4) is 28.6 Å². The van der Waals surface area contributed by atoms with E-state index in [2.05, 4.69) is 20.6 Å². The first kappa shape index (κ1) is 27.8. The number of alkyl halides is 3. The molecule has 0 spiro atoms. The van der Waals surface area contributed by atoms with Crippen molar-refractivity contribution in [2.75, 3.05) is 13.7 Å². The number of nitrogens with zero attached hydrogens (tertiary/aromatic N) is 4. The maximum Gasteiger partial charge on any atom is 0.416 e. The third-order valence-electron chi connectivity index (χ3n) is 7.14. The largest absolute Gasteiger partial charge is 0.493 e. The Hall–Kier alpha value is -5.33. The number of imidazole rings is 2. The second kappa shape index (κ2) is 10.8. The number of rotatable bonds is 4. The first-order valence-electron chi connectivity index (χ1n) is 13.2. The van der Waals surface area contributed by atoms with E-state index in [-0.39, 0.29) is 31.1 Å². The SMILES string of the molecule is COc1ccc2cc1OCC(=O)NCc1cc(C(=O)NCc3nc4cc(C(F)(F)F)ccc4n3C)cc(c1)-n1ccnc1-2. The summed E-state index contributed by atoms with van der Waals surface area (Å²) in [5, 5.41) is 5.61. The van der Waals surface area contributed by atoms with E-state index in [1.165, 1.54) is 13.2 Å². The fraction of sp³-hybridized carbons (Fsp3) is 0.200. The highest BCUT2D eigenvalue weighted by molar-refractivity contribution is 5.95. The minimum atomic E-state index is -4.49. The number of carbonyl (C=O) groups excluding carboxylic acids is 2. The molecule has 1 aliphatic rings. The normalized spacial score (nSPS) is 13.2. The molecule has 220 valence electrons. The van der Waals surface area contributed by atoms with Crippen molar-refractivity contribution in [3.05, 3.63) is 89.5 Å². The molecule has 10 nitrogen and oxygen atoms in total. The molecule has 5 aromatic rings. The molecule has 6 rings (SSSR count). The highest BCUT2D eigenvalue weighted by atomic mass is 19.4. The highest BCUT2D eigenvalue weighted by Crippen LogP contribution is 2.34. The van der Waals surface area contributed by atoms with Gasteiger partial charge in [-0.3, -0.25) is 14.2 Å². The maximum absolute atomic E-state index is 13.4.